The molecule has 2 N–H and O–H groups in total. The maximum atomic E-state index is 6.61. The van der Waals surface area contributed by atoms with Crippen molar-refractivity contribution in [1.29, 1.82) is 0 Å². The Morgan fingerprint density at radius 2 is 1.86 bits per heavy atom. The van der Waals surface area contributed by atoms with Crippen molar-refractivity contribution in [2.45, 2.75) is 43.7 Å². The van der Waals surface area contributed by atoms with Crippen LogP contribution in [-0.2, 0) is 4.74 Å². The summed E-state index contributed by atoms with van der Waals surface area (Å²) in [6.07, 6.45) is 7.49. The summed E-state index contributed by atoms with van der Waals surface area (Å²) >= 11 is 0. The number of hydrogen-bond acceptors (Lipinski definition) is 3. The molecule has 0 amide bonds. The lowest BCUT2D eigenvalue weighted by Gasteiger charge is -2.40. The van der Waals surface area contributed by atoms with Crippen molar-refractivity contribution in [2.24, 2.45) is 5.73 Å². The number of benzene rings is 1. The van der Waals surface area contributed by atoms with Crippen molar-refractivity contribution in [2.75, 3.05) is 7.11 Å². The average Bonchev–Trinajstić information content (AvgIpc) is 3.05. The van der Waals surface area contributed by atoms with Gasteiger partial charge in [0.05, 0.1) is 23.0 Å². The van der Waals surface area contributed by atoms with E-state index in [-0.39, 0.29) is 11.6 Å². The Labute approximate surface area is 125 Å². The first-order valence-corrected chi connectivity index (χ1v) is 7.67. The highest BCUT2D eigenvalue weighted by Gasteiger charge is 2.40. The molecule has 1 saturated carbocycles. The second-order valence-corrected chi connectivity index (χ2v) is 5.81. The summed E-state index contributed by atoms with van der Waals surface area (Å²) in [5.74, 6) is 0. The minimum absolute atomic E-state index is 0.162. The highest BCUT2D eigenvalue weighted by atomic mass is 16.5. The molecule has 112 valence electrons. The lowest BCUT2D eigenvalue weighted by molar-refractivity contribution is -0.0608. The van der Waals surface area contributed by atoms with Gasteiger partial charge in [0.25, 0.3) is 0 Å². The number of ether oxygens (including phenoxy) is 1. The smallest absolute Gasteiger partial charge is 0.0885 e. The monoisotopic (exact) mass is 285 g/mol. The van der Waals surface area contributed by atoms with Crippen LogP contribution in [0.1, 0.15) is 43.8 Å². The Morgan fingerprint density at radius 3 is 2.52 bits per heavy atom. The lowest BCUT2D eigenvalue weighted by atomic mass is 9.78. The van der Waals surface area contributed by atoms with E-state index in [9.17, 15) is 0 Å². The van der Waals surface area contributed by atoms with Gasteiger partial charge in [0, 0.05) is 13.3 Å². The maximum Gasteiger partial charge on any atom is 0.0885 e. The molecular formula is C17H23N3O. The van der Waals surface area contributed by atoms with E-state index in [1.165, 1.54) is 19.3 Å². The number of aromatic nitrogens is 2. The molecule has 0 spiro atoms. The second-order valence-electron chi connectivity index (χ2n) is 5.81. The molecule has 4 heteroatoms. The quantitative estimate of drug-likeness (QED) is 0.938. The zero-order valence-electron chi connectivity index (χ0n) is 12.5. The van der Waals surface area contributed by atoms with E-state index in [4.69, 9.17) is 10.5 Å². The van der Waals surface area contributed by atoms with E-state index >= 15 is 0 Å². The van der Waals surface area contributed by atoms with Crippen molar-refractivity contribution in [3.8, 4) is 5.69 Å². The molecule has 1 heterocycles. The van der Waals surface area contributed by atoms with Crippen LogP contribution in [0.4, 0.5) is 0 Å². The summed E-state index contributed by atoms with van der Waals surface area (Å²) in [5, 5.41) is 4.45. The van der Waals surface area contributed by atoms with Gasteiger partial charge in [-0.15, -0.1) is 0 Å². The minimum atomic E-state index is -0.259. The average molecular weight is 285 g/mol. The Morgan fingerprint density at radius 1 is 1.14 bits per heavy atom. The molecule has 1 atom stereocenters. The van der Waals surface area contributed by atoms with Crippen LogP contribution in [0.15, 0.2) is 42.6 Å². The summed E-state index contributed by atoms with van der Waals surface area (Å²) < 4.78 is 7.82. The summed E-state index contributed by atoms with van der Waals surface area (Å²) in [7, 11) is 1.79. The van der Waals surface area contributed by atoms with Crippen molar-refractivity contribution < 1.29 is 4.74 Å². The fraction of sp³-hybridized carbons (Fsp3) is 0.471. The van der Waals surface area contributed by atoms with Crippen LogP contribution >= 0.6 is 0 Å². The van der Waals surface area contributed by atoms with E-state index in [0.29, 0.717) is 0 Å². The number of methoxy groups -OCH3 is 1. The molecule has 0 bridgehead atoms. The largest absolute Gasteiger partial charge is 0.376 e. The number of nitrogens with two attached hydrogens (primary N) is 1. The summed E-state index contributed by atoms with van der Waals surface area (Å²) in [6, 6.07) is 12.0. The number of nitrogens with zero attached hydrogens (tertiary/aromatic N) is 2. The van der Waals surface area contributed by atoms with Gasteiger partial charge >= 0.3 is 0 Å². The summed E-state index contributed by atoms with van der Waals surface area (Å²) in [6.45, 7) is 0. The van der Waals surface area contributed by atoms with E-state index in [1.807, 2.05) is 47.3 Å². The number of rotatable bonds is 4. The SMILES string of the molecule is COC1(C(N)c2ccnn2-c2ccccc2)CCCCC1. The molecule has 2 aromatic rings. The molecule has 3 rings (SSSR count). The highest BCUT2D eigenvalue weighted by molar-refractivity contribution is 5.33. The summed E-state index contributed by atoms with van der Waals surface area (Å²) in [4.78, 5) is 0. The van der Waals surface area contributed by atoms with Crippen LogP contribution in [-0.4, -0.2) is 22.5 Å². The molecule has 21 heavy (non-hydrogen) atoms. The van der Waals surface area contributed by atoms with Crippen LogP contribution in [0.2, 0.25) is 0 Å². The van der Waals surface area contributed by atoms with Gasteiger partial charge < -0.3 is 10.5 Å². The predicted molar refractivity (Wildman–Crippen MR) is 83.3 cm³/mol. The molecular weight excluding hydrogens is 262 g/mol. The van der Waals surface area contributed by atoms with Crippen molar-refractivity contribution in [3.63, 3.8) is 0 Å². The van der Waals surface area contributed by atoms with Gasteiger partial charge in [0.2, 0.25) is 0 Å². The summed E-state index contributed by atoms with van der Waals surface area (Å²) in [5.41, 5.74) is 8.41. The Kier molecular flexibility index (Phi) is 4.08. The van der Waals surface area contributed by atoms with Crippen LogP contribution in [0, 0.1) is 0 Å². The van der Waals surface area contributed by atoms with Gasteiger partial charge in [0.15, 0.2) is 0 Å². The molecule has 1 aliphatic carbocycles. The molecule has 0 saturated heterocycles. The first kappa shape index (κ1) is 14.3. The van der Waals surface area contributed by atoms with Gasteiger partial charge in [0.1, 0.15) is 0 Å². The third-order valence-corrected chi connectivity index (χ3v) is 4.66. The molecule has 0 radical (unpaired) electrons. The first-order chi connectivity index (χ1) is 10.3. The molecule has 0 aliphatic heterocycles. The lowest BCUT2D eigenvalue weighted by Crippen LogP contribution is -2.45. The van der Waals surface area contributed by atoms with Crippen LogP contribution in [0.25, 0.3) is 5.69 Å². The van der Waals surface area contributed by atoms with Crippen LogP contribution in [0.5, 0.6) is 0 Å². The van der Waals surface area contributed by atoms with Gasteiger partial charge in [-0.25, -0.2) is 4.68 Å². The Bertz CT molecular complexity index is 573. The fourth-order valence-electron chi connectivity index (χ4n) is 3.40. The normalized spacial score (nSPS) is 19.3. The van der Waals surface area contributed by atoms with Gasteiger partial charge in [-0.05, 0) is 31.0 Å². The fourth-order valence-corrected chi connectivity index (χ4v) is 3.40. The van der Waals surface area contributed by atoms with Gasteiger partial charge in [-0.3, -0.25) is 0 Å². The van der Waals surface area contributed by atoms with Gasteiger partial charge in [-0.1, -0.05) is 37.5 Å². The van der Waals surface area contributed by atoms with Crippen LogP contribution < -0.4 is 5.73 Å². The Hall–Kier alpha value is -1.65. The molecule has 1 aliphatic rings. The standard InChI is InChI=1S/C17H23N3O/c1-21-17(11-6-3-7-12-17)16(18)15-10-13-19-20(15)14-8-4-2-5-9-14/h2,4-5,8-10,13,16H,3,6-7,11-12,18H2,1H3. The van der Waals surface area contributed by atoms with Crippen molar-refractivity contribution in [3.05, 3.63) is 48.3 Å². The van der Waals surface area contributed by atoms with E-state index in [1.54, 1.807) is 7.11 Å². The van der Waals surface area contributed by atoms with E-state index < -0.39 is 0 Å². The predicted octanol–water partition coefficient (Wildman–Crippen LogP) is 3.22. The van der Waals surface area contributed by atoms with E-state index in [2.05, 4.69) is 5.10 Å². The van der Waals surface area contributed by atoms with Crippen molar-refractivity contribution in [1.82, 2.24) is 9.78 Å². The number of para-hydroxylation sites is 1. The molecule has 1 unspecified atom stereocenters. The maximum absolute atomic E-state index is 6.61. The minimum Gasteiger partial charge on any atom is -0.376 e. The van der Waals surface area contributed by atoms with Crippen LogP contribution in [0.3, 0.4) is 0 Å². The molecule has 1 aromatic carbocycles. The van der Waals surface area contributed by atoms with E-state index in [0.717, 1.165) is 24.2 Å². The third kappa shape index (κ3) is 2.61. The molecule has 1 fully saturated rings. The second kappa shape index (κ2) is 6.00. The highest BCUT2D eigenvalue weighted by Crippen LogP contribution is 2.40. The third-order valence-electron chi connectivity index (χ3n) is 4.66. The van der Waals surface area contributed by atoms with Crippen molar-refractivity contribution >= 4 is 0 Å². The first-order valence-electron chi connectivity index (χ1n) is 7.67. The van der Waals surface area contributed by atoms with Gasteiger partial charge in [-0.2, -0.15) is 5.10 Å². The molecule has 4 nitrogen and oxygen atoms in total. The Balaban J connectivity index is 1.95. The molecule has 1 aromatic heterocycles. The topological polar surface area (TPSA) is 53.1 Å². The zero-order valence-corrected chi connectivity index (χ0v) is 12.5. The number of hydrogen-bond donors (Lipinski definition) is 1. The zero-order chi connectivity index (χ0) is 14.7.